The highest BCUT2D eigenvalue weighted by molar-refractivity contribution is 5.16. The third-order valence-electron chi connectivity index (χ3n) is 7.28. The van der Waals surface area contributed by atoms with Gasteiger partial charge in [0.05, 0.1) is 25.9 Å². The zero-order valence-electron chi connectivity index (χ0n) is 23.6. The van der Waals surface area contributed by atoms with E-state index in [0.717, 1.165) is 31.2 Å². The van der Waals surface area contributed by atoms with Crippen LogP contribution in [0.3, 0.4) is 0 Å². The van der Waals surface area contributed by atoms with E-state index in [2.05, 4.69) is 23.9 Å². The van der Waals surface area contributed by atoms with Crippen LogP contribution in [0.5, 0.6) is 0 Å². The molecule has 12 heteroatoms. The highest BCUT2D eigenvalue weighted by Crippen LogP contribution is 2.37. The molecule has 3 saturated heterocycles. The van der Waals surface area contributed by atoms with E-state index in [0.29, 0.717) is 19.8 Å². The Morgan fingerprint density at radius 2 is 1.73 bits per heavy atom. The van der Waals surface area contributed by atoms with Gasteiger partial charge >= 0.3 is 0 Å². The number of aliphatic hydroxyl groups is 1. The van der Waals surface area contributed by atoms with Crippen LogP contribution in [0.25, 0.3) is 10.4 Å². The van der Waals surface area contributed by atoms with Crippen LogP contribution in [0, 0.1) is 0 Å². The van der Waals surface area contributed by atoms with Gasteiger partial charge in [-0.15, -0.1) is 0 Å². The second-order valence-electron chi connectivity index (χ2n) is 10.3. The zero-order chi connectivity index (χ0) is 28.3. The number of aliphatic hydroxyl groups excluding tert-OH is 1. The van der Waals surface area contributed by atoms with Crippen LogP contribution in [0.2, 0.25) is 0 Å². The first-order valence-corrected chi connectivity index (χ1v) is 14.4. The molecule has 0 aliphatic carbocycles. The molecular weight excluding hydrogens is 522 g/mol. The maximum absolute atomic E-state index is 9.53. The summed E-state index contributed by atoms with van der Waals surface area (Å²) in [6.45, 7) is 7.31. The Kier molecular flexibility index (Phi) is 12.4. The molecular formula is C28H43N3O9. The maximum Gasteiger partial charge on any atom is 0.187 e. The van der Waals surface area contributed by atoms with Crippen molar-refractivity contribution >= 4 is 0 Å². The Morgan fingerprint density at radius 3 is 2.40 bits per heavy atom. The van der Waals surface area contributed by atoms with Gasteiger partial charge in [-0.05, 0) is 25.3 Å². The lowest BCUT2D eigenvalue weighted by molar-refractivity contribution is -0.376. The second-order valence-corrected chi connectivity index (χ2v) is 10.3. The Morgan fingerprint density at radius 1 is 1.00 bits per heavy atom. The summed E-state index contributed by atoms with van der Waals surface area (Å²) in [5, 5.41) is 13.1. The van der Waals surface area contributed by atoms with E-state index < -0.39 is 61.5 Å². The van der Waals surface area contributed by atoms with Crippen molar-refractivity contribution in [2.45, 2.75) is 108 Å². The Labute approximate surface area is 235 Å². The van der Waals surface area contributed by atoms with Crippen molar-refractivity contribution < 1.29 is 43.0 Å². The third kappa shape index (κ3) is 7.92. The van der Waals surface area contributed by atoms with Crippen molar-refractivity contribution in [3.05, 3.63) is 46.3 Å². The fourth-order valence-corrected chi connectivity index (χ4v) is 4.96. The molecule has 0 radical (unpaired) electrons. The van der Waals surface area contributed by atoms with Crippen molar-refractivity contribution in [1.82, 2.24) is 0 Å². The van der Waals surface area contributed by atoms with E-state index in [1.807, 2.05) is 37.3 Å². The monoisotopic (exact) mass is 565 g/mol. The summed E-state index contributed by atoms with van der Waals surface area (Å²) in [5.74, 6) is 0. The lowest BCUT2D eigenvalue weighted by Crippen LogP contribution is -2.64. The third-order valence-corrected chi connectivity index (χ3v) is 7.28. The summed E-state index contributed by atoms with van der Waals surface area (Å²) < 4.78 is 49.8. The van der Waals surface area contributed by atoms with Gasteiger partial charge in [-0.2, -0.15) is 0 Å². The Hall–Kier alpha value is -1.83. The molecule has 0 bridgehead atoms. The van der Waals surface area contributed by atoms with Gasteiger partial charge in [0.1, 0.15) is 36.6 Å². The molecule has 3 heterocycles. The lowest BCUT2D eigenvalue weighted by Gasteiger charge is -2.49. The summed E-state index contributed by atoms with van der Waals surface area (Å²) in [4.78, 5) is 2.76. The summed E-state index contributed by atoms with van der Waals surface area (Å²) >= 11 is 0. The van der Waals surface area contributed by atoms with Crippen molar-refractivity contribution in [2.75, 3.05) is 33.0 Å². The summed E-state index contributed by atoms with van der Waals surface area (Å²) in [6, 6.07) is 8.98. The average Bonchev–Trinajstić information content (AvgIpc) is 3.48. The van der Waals surface area contributed by atoms with Gasteiger partial charge in [-0.3, -0.25) is 0 Å². The van der Waals surface area contributed by atoms with Crippen molar-refractivity contribution in [3.63, 3.8) is 0 Å². The van der Waals surface area contributed by atoms with Crippen molar-refractivity contribution in [1.29, 1.82) is 0 Å². The molecule has 1 aromatic carbocycles. The highest BCUT2D eigenvalue weighted by Gasteiger charge is 2.52. The minimum Gasteiger partial charge on any atom is -0.396 e. The normalized spacial score (nSPS) is 33.6. The molecule has 0 spiro atoms. The number of rotatable bonds is 15. The van der Waals surface area contributed by atoms with Gasteiger partial charge in [0.15, 0.2) is 18.9 Å². The second kappa shape index (κ2) is 16.0. The number of nitrogens with zero attached hydrogens (tertiary/aromatic N) is 3. The topological polar surface area (TPSA) is 143 Å². The van der Waals surface area contributed by atoms with Crippen LogP contribution in [0.1, 0.15) is 58.3 Å². The minimum atomic E-state index is -0.856. The van der Waals surface area contributed by atoms with Crippen LogP contribution < -0.4 is 0 Å². The fraction of sp³-hybridized carbons (Fsp3) is 0.786. The molecule has 0 amide bonds. The summed E-state index contributed by atoms with van der Waals surface area (Å²) in [6.07, 6.45) is -1.15. The number of hydrogen-bond acceptors (Lipinski definition) is 10. The standard InChI is InChI=1S/C28H43N3O9/c1-4-6-13-33-24-23-22(17-35-26(40-23)19-11-9-8-10-12-19)39-28(25(24)34-14-7-5-2)37-18(3)21-16-36-27(38-21)20(15-32)30-31-29/h8-12,18,20-28,32H,4-7,13-17H2,1-3H3/t18-,20-,21?,22-,23+,24?,25-,26?,27+,28+/m0/s1. The van der Waals surface area contributed by atoms with Gasteiger partial charge in [0.2, 0.25) is 0 Å². The molecule has 0 saturated carbocycles. The predicted octanol–water partition coefficient (Wildman–Crippen LogP) is 4.01. The van der Waals surface area contributed by atoms with Gasteiger partial charge in [0.25, 0.3) is 0 Å². The van der Waals surface area contributed by atoms with E-state index in [-0.39, 0.29) is 13.2 Å². The van der Waals surface area contributed by atoms with E-state index in [4.69, 9.17) is 43.4 Å². The molecule has 3 fully saturated rings. The molecule has 224 valence electrons. The fourth-order valence-electron chi connectivity index (χ4n) is 4.96. The lowest BCUT2D eigenvalue weighted by atomic mass is 9.97. The number of benzene rings is 1. The quantitative estimate of drug-likeness (QED) is 0.144. The first-order valence-electron chi connectivity index (χ1n) is 14.4. The van der Waals surface area contributed by atoms with Gasteiger partial charge in [-0.1, -0.05) is 62.1 Å². The Balaban J connectivity index is 1.50. The number of azide groups is 1. The number of ether oxygens (including phenoxy) is 8. The zero-order valence-corrected chi connectivity index (χ0v) is 23.6. The van der Waals surface area contributed by atoms with E-state index in [1.54, 1.807) is 0 Å². The molecule has 10 atom stereocenters. The molecule has 0 aromatic heterocycles. The molecule has 4 rings (SSSR count). The molecule has 3 aliphatic rings. The van der Waals surface area contributed by atoms with Crippen LogP contribution in [-0.2, 0) is 37.9 Å². The average molecular weight is 566 g/mol. The highest BCUT2D eigenvalue weighted by atomic mass is 16.8. The molecule has 1 aromatic rings. The maximum atomic E-state index is 9.53. The molecule has 3 unspecified atom stereocenters. The predicted molar refractivity (Wildman–Crippen MR) is 143 cm³/mol. The van der Waals surface area contributed by atoms with Crippen molar-refractivity contribution in [3.8, 4) is 0 Å². The van der Waals surface area contributed by atoms with E-state index in [9.17, 15) is 5.11 Å². The molecule has 3 aliphatic heterocycles. The van der Waals surface area contributed by atoms with E-state index >= 15 is 0 Å². The summed E-state index contributed by atoms with van der Waals surface area (Å²) in [5.41, 5.74) is 9.69. The minimum absolute atomic E-state index is 0.213. The van der Waals surface area contributed by atoms with Crippen molar-refractivity contribution in [2.24, 2.45) is 5.11 Å². The van der Waals surface area contributed by atoms with Crippen LogP contribution in [0.15, 0.2) is 35.4 Å². The molecule has 1 N–H and O–H groups in total. The number of unbranched alkanes of at least 4 members (excludes halogenated alkanes) is 2. The number of fused-ring (bicyclic) bond motifs is 1. The Bertz CT molecular complexity index is 922. The smallest absolute Gasteiger partial charge is 0.187 e. The van der Waals surface area contributed by atoms with Crippen LogP contribution in [-0.4, -0.2) is 93.4 Å². The first kappa shape index (κ1) is 31.1. The van der Waals surface area contributed by atoms with E-state index in [1.165, 1.54) is 0 Å². The largest absolute Gasteiger partial charge is 0.396 e. The molecule has 40 heavy (non-hydrogen) atoms. The molecule has 12 nitrogen and oxygen atoms in total. The summed E-state index contributed by atoms with van der Waals surface area (Å²) in [7, 11) is 0. The van der Waals surface area contributed by atoms with Crippen LogP contribution in [0.4, 0.5) is 0 Å². The van der Waals surface area contributed by atoms with Gasteiger partial charge < -0.3 is 43.0 Å². The SMILES string of the molecule is CCCCOC1[C@H](OCCCC)[C@H](O[C@@H](C)C2CO[C@@H]([C@H](CO)N=[N+]=[N-])O2)O[C@H]2COC(c3ccccc3)O[C@@H]12. The van der Waals surface area contributed by atoms with Gasteiger partial charge in [0, 0.05) is 23.7 Å². The first-order chi connectivity index (χ1) is 19.6. The van der Waals surface area contributed by atoms with Crippen LogP contribution >= 0.6 is 0 Å². The van der Waals surface area contributed by atoms with Gasteiger partial charge in [-0.25, -0.2) is 0 Å². The number of hydrogen-bond donors (Lipinski definition) is 1.